The van der Waals surface area contributed by atoms with Gasteiger partial charge in [-0.15, -0.1) is 0 Å². The Morgan fingerprint density at radius 1 is 0.914 bits per heavy atom. The number of thiocarbonyl (C=S) groups is 1. The molecular formula is C29H30N4OS. The molecular weight excluding hydrogens is 452 g/mol. The van der Waals surface area contributed by atoms with Gasteiger partial charge in [-0.1, -0.05) is 24.3 Å². The molecule has 6 heteroatoms. The van der Waals surface area contributed by atoms with Crippen LogP contribution in [-0.2, 0) is 0 Å². The van der Waals surface area contributed by atoms with E-state index in [1.165, 1.54) is 33.8 Å². The van der Waals surface area contributed by atoms with Crippen molar-refractivity contribution in [2.24, 2.45) is 0 Å². The van der Waals surface area contributed by atoms with E-state index in [-0.39, 0.29) is 12.1 Å². The molecule has 0 spiro atoms. The molecule has 35 heavy (non-hydrogen) atoms. The highest BCUT2D eigenvalue weighted by atomic mass is 32.1. The Kier molecular flexibility index (Phi) is 6.07. The normalized spacial score (nSPS) is 17.5. The molecule has 5 rings (SSSR count). The van der Waals surface area contributed by atoms with Crippen LogP contribution >= 0.6 is 12.2 Å². The molecule has 0 saturated carbocycles. The largest absolute Gasteiger partial charge is 0.495 e. The Morgan fingerprint density at radius 3 is 2.31 bits per heavy atom. The fourth-order valence-corrected chi connectivity index (χ4v) is 5.66. The number of aryl methyl sites for hydroxylation is 3. The van der Waals surface area contributed by atoms with Crippen molar-refractivity contribution >= 4 is 23.0 Å². The number of anilines is 1. The van der Waals surface area contributed by atoms with Gasteiger partial charge >= 0.3 is 0 Å². The fraction of sp³-hybridized carbons (Fsp3) is 0.241. The standard InChI is InChI=1S/C29H30N4OS/c1-18-14-19(2)16-22(15-18)32-20(3)17-23(21(32)4)28-27(24-10-8-9-13-30-24)31-29(35)33(28)25-11-6-7-12-26(25)34-5/h6-17,27-28H,1-5H3,(H,31,35). The molecule has 178 valence electrons. The minimum Gasteiger partial charge on any atom is -0.495 e. The van der Waals surface area contributed by atoms with Crippen LogP contribution in [0.5, 0.6) is 5.75 Å². The predicted octanol–water partition coefficient (Wildman–Crippen LogP) is 6.29. The minimum atomic E-state index is -0.109. The van der Waals surface area contributed by atoms with Crippen LogP contribution in [0.3, 0.4) is 0 Å². The van der Waals surface area contributed by atoms with Crippen LogP contribution in [0.15, 0.2) is 72.9 Å². The Balaban J connectivity index is 1.71. The summed E-state index contributed by atoms with van der Waals surface area (Å²) in [5.74, 6) is 0.784. The van der Waals surface area contributed by atoms with Gasteiger partial charge in [0, 0.05) is 23.3 Å². The molecule has 3 heterocycles. The van der Waals surface area contributed by atoms with Crippen LogP contribution in [0.25, 0.3) is 5.69 Å². The van der Waals surface area contributed by atoms with Gasteiger partial charge in [-0.3, -0.25) is 4.98 Å². The number of aromatic nitrogens is 2. The first-order valence-electron chi connectivity index (χ1n) is 11.8. The molecule has 2 aromatic heterocycles. The Labute approximate surface area is 212 Å². The van der Waals surface area contributed by atoms with Crippen molar-refractivity contribution in [2.45, 2.75) is 39.8 Å². The second-order valence-electron chi connectivity index (χ2n) is 9.18. The van der Waals surface area contributed by atoms with E-state index >= 15 is 0 Å². The van der Waals surface area contributed by atoms with Gasteiger partial charge in [0.1, 0.15) is 5.75 Å². The second kappa shape index (κ2) is 9.19. The highest BCUT2D eigenvalue weighted by Crippen LogP contribution is 2.46. The number of nitrogens with one attached hydrogen (secondary N) is 1. The molecule has 4 aromatic rings. The third-order valence-electron chi connectivity index (χ3n) is 6.70. The molecule has 1 saturated heterocycles. The van der Waals surface area contributed by atoms with Gasteiger partial charge in [0.2, 0.25) is 0 Å². The predicted molar refractivity (Wildman–Crippen MR) is 146 cm³/mol. The maximum absolute atomic E-state index is 5.92. The summed E-state index contributed by atoms with van der Waals surface area (Å²) in [6.45, 7) is 8.65. The van der Waals surface area contributed by atoms with Gasteiger partial charge in [0.25, 0.3) is 0 Å². The van der Waals surface area contributed by atoms with Crippen molar-refractivity contribution in [3.63, 3.8) is 0 Å². The molecule has 1 aliphatic rings. The number of benzene rings is 2. The summed E-state index contributed by atoms with van der Waals surface area (Å²) in [7, 11) is 1.70. The van der Waals surface area contributed by atoms with E-state index in [0.29, 0.717) is 5.11 Å². The SMILES string of the molecule is COc1ccccc1N1C(=S)NC(c2ccccn2)C1c1cc(C)n(-c2cc(C)cc(C)c2)c1C. The van der Waals surface area contributed by atoms with E-state index in [9.17, 15) is 0 Å². The summed E-state index contributed by atoms with van der Waals surface area (Å²) in [5, 5.41) is 4.22. The molecule has 0 aliphatic carbocycles. The lowest BCUT2D eigenvalue weighted by Gasteiger charge is -2.29. The first kappa shape index (κ1) is 23.1. The zero-order chi connectivity index (χ0) is 24.7. The van der Waals surface area contributed by atoms with Crippen molar-refractivity contribution in [1.29, 1.82) is 0 Å². The summed E-state index contributed by atoms with van der Waals surface area (Å²) < 4.78 is 8.08. The van der Waals surface area contributed by atoms with Gasteiger partial charge in [-0.05, 0) is 99.1 Å². The quantitative estimate of drug-likeness (QED) is 0.339. The number of nitrogens with zero attached hydrogens (tertiary/aromatic N) is 3. The zero-order valence-electron chi connectivity index (χ0n) is 20.7. The summed E-state index contributed by atoms with van der Waals surface area (Å²) in [4.78, 5) is 6.88. The molecule has 5 nitrogen and oxygen atoms in total. The zero-order valence-corrected chi connectivity index (χ0v) is 21.6. The summed E-state index contributed by atoms with van der Waals surface area (Å²) in [5.41, 5.74) is 9.14. The topological polar surface area (TPSA) is 42.3 Å². The molecule has 2 aromatic carbocycles. The average Bonchev–Trinajstić information content (AvgIpc) is 3.33. The first-order valence-corrected chi connectivity index (χ1v) is 12.2. The molecule has 0 bridgehead atoms. The van der Waals surface area contributed by atoms with Gasteiger partial charge in [-0.25, -0.2) is 0 Å². The van der Waals surface area contributed by atoms with Crippen LogP contribution in [0.2, 0.25) is 0 Å². The lowest BCUT2D eigenvalue weighted by atomic mass is 9.96. The Hall–Kier alpha value is -3.64. The van der Waals surface area contributed by atoms with E-state index in [1.54, 1.807) is 7.11 Å². The number of hydrogen-bond acceptors (Lipinski definition) is 3. The monoisotopic (exact) mass is 482 g/mol. The lowest BCUT2D eigenvalue weighted by Crippen LogP contribution is -2.30. The molecule has 0 radical (unpaired) electrons. The van der Waals surface area contributed by atoms with Crippen LogP contribution in [0, 0.1) is 27.7 Å². The van der Waals surface area contributed by atoms with E-state index in [2.05, 4.69) is 78.9 Å². The van der Waals surface area contributed by atoms with Crippen molar-refractivity contribution in [3.05, 3.63) is 107 Å². The third kappa shape index (κ3) is 4.08. The molecule has 2 atom stereocenters. The Bertz CT molecular complexity index is 1380. The van der Waals surface area contributed by atoms with Crippen LogP contribution in [0.1, 0.15) is 45.9 Å². The third-order valence-corrected chi connectivity index (χ3v) is 7.01. The number of rotatable bonds is 5. The maximum Gasteiger partial charge on any atom is 0.174 e. The van der Waals surface area contributed by atoms with E-state index < -0.39 is 0 Å². The minimum absolute atomic E-state index is 0.0976. The second-order valence-corrected chi connectivity index (χ2v) is 9.56. The first-order chi connectivity index (χ1) is 16.9. The molecule has 1 fully saturated rings. The number of methoxy groups -OCH3 is 1. The number of hydrogen-bond donors (Lipinski definition) is 1. The maximum atomic E-state index is 5.92. The van der Waals surface area contributed by atoms with Gasteiger partial charge in [0.15, 0.2) is 5.11 Å². The molecule has 1 N–H and O–H groups in total. The van der Waals surface area contributed by atoms with Gasteiger partial charge in [-0.2, -0.15) is 0 Å². The van der Waals surface area contributed by atoms with Crippen molar-refractivity contribution < 1.29 is 4.74 Å². The van der Waals surface area contributed by atoms with Crippen LogP contribution < -0.4 is 15.0 Å². The average molecular weight is 483 g/mol. The summed E-state index contributed by atoms with van der Waals surface area (Å²) in [6.07, 6.45) is 1.84. The Morgan fingerprint density at radius 2 is 1.63 bits per heavy atom. The molecule has 1 aliphatic heterocycles. The van der Waals surface area contributed by atoms with Crippen molar-refractivity contribution in [3.8, 4) is 11.4 Å². The summed E-state index contributed by atoms with van der Waals surface area (Å²) >= 11 is 5.92. The number of pyridine rings is 1. The highest BCUT2D eigenvalue weighted by Gasteiger charge is 2.43. The van der Waals surface area contributed by atoms with Gasteiger partial charge in [0.05, 0.1) is 30.6 Å². The van der Waals surface area contributed by atoms with Crippen molar-refractivity contribution in [2.75, 3.05) is 12.0 Å². The smallest absolute Gasteiger partial charge is 0.174 e. The molecule has 2 unspecified atom stereocenters. The van der Waals surface area contributed by atoms with E-state index in [1.807, 2.05) is 36.5 Å². The van der Waals surface area contributed by atoms with E-state index in [0.717, 1.165) is 17.1 Å². The number of ether oxygens (including phenoxy) is 1. The lowest BCUT2D eigenvalue weighted by molar-refractivity contribution is 0.414. The van der Waals surface area contributed by atoms with Crippen LogP contribution in [-0.4, -0.2) is 21.8 Å². The van der Waals surface area contributed by atoms with Crippen LogP contribution in [0.4, 0.5) is 5.69 Å². The van der Waals surface area contributed by atoms with E-state index in [4.69, 9.17) is 21.9 Å². The van der Waals surface area contributed by atoms with Crippen molar-refractivity contribution in [1.82, 2.24) is 14.9 Å². The van der Waals surface area contributed by atoms with Gasteiger partial charge < -0.3 is 19.5 Å². The fourth-order valence-electron chi connectivity index (χ4n) is 5.32. The number of para-hydroxylation sites is 2. The summed E-state index contributed by atoms with van der Waals surface area (Å²) in [6, 6.07) is 22.8. The molecule has 0 amide bonds. The highest BCUT2D eigenvalue weighted by molar-refractivity contribution is 7.80.